The molecule has 7 heteroatoms. The molecule has 0 aliphatic rings. The molecule has 0 atom stereocenters. The molecule has 21 heavy (non-hydrogen) atoms. The molecule has 0 spiro atoms. The first kappa shape index (κ1) is 13.8. The fraction of sp³-hybridized carbons (Fsp3) is 0.286. The maximum absolute atomic E-state index is 13.8. The zero-order valence-electron chi connectivity index (χ0n) is 11.9. The van der Waals surface area contributed by atoms with E-state index in [1.54, 1.807) is 6.07 Å². The van der Waals surface area contributed by atoms with E-state index in [1.807, 2.05) is 18.4 Å². The van der Waals surface area contributed by atoms with Crippen LogP contribution in [-0.2, 0) is 6.54 Å². The molecule has 5 nitrogen and oxygen atoms in total. The van der Waals surface area contributed by atoms with Crippen LogP contribution in [0.3, 0.4) is 0 Å². The van der Waals surface area contributed by atoms with Gasteiger partial charge in [0.2, 0.25) is 0 Å². The first-order chi connectivity index (χ1) is 10.0. The van der Waals surface area contributed by atoms with E-state index in [0.717, 1.165) is 22.5 Å². The molecule has 0 aliphatic carbocycles. The molecule has 0 saturated heterocycles. The largest absolute Gasteiger partial charge is 0.494 e. The van der Waals surface area contributed by atoms with Gasteiger partial charge in [0.1, 0.15) is 5.76 Å². The van der Waals surface area contributed by atoms with Gasteiger partial charge >= 0.3 is 0 Å². The van der Waals surface area contributed by atoms with Gasteiger partial charge in [-0.05, 0) is 26.1 Å². The van der Waals surface area contributed by atoms with Crippen molar-refractivity contribution in [3.05, 3.63) is 39.7 Å². The van der Waals surface area contributed by atoms with E-state index in [9.17, 15) is 4.39 Å². The van der Waals surface area contributed by atoms with E-state index in [0.29, 0.717) is 16.8 Å². The zero-order valence-corrected chi connectivity index (χ0v) is 12.7. The lowest BCUT2D eigenvalue weighted by atomic mass is 10.2. The van der Waals surface area contributed by atoms with Gasteiger partial charge in [0, 0.05) is 17.7 Å². The van der Waals surface area contributed by atoms with Crippen LogP contribution in [0.15, 0.2) is 16.7 Å². The summed E-state index contributed by atoms with van der Waals surface area (Å²) < 4.78 is 26.3. The number of hydrogen-bond acceptors (Lipinski definition) is 4. The van der Waals surface area contributed by atoms with Crippen molar-refractivity contribution in [1.29, 1.82) is 0 Å². The summed E-state index contributed by atoms with van der Waals surface area (Å²) in [5.41, 5.74) is 3.19. The maximum atomic E-state index is 13.8. The summed E-state index contributed by atoms with van der Waals surface area (Å²) in [4.78, 5) is 3.00. The molecule has 110 valence electrons. The van der Waals surface area contributed by atoms with Crippen LogP contribution in [0.25, 0.3) is 11.0 Å². The smallest absolute Gasteiger partial charge is 0.178 e. The molecular formula is C14H14FN3O2S. The third-order valence-corrected chi connectivity index (χ3v) is 3.87. The Balaban J connectivity index is 2.18. The van der Waals surface area contributed by atoms with E-state index in [-0.39, 0.29) is 5.75 Å². The Hall–Kier alpha value is -2.15. The maximum Gasteiger partial charge on any atom is 0.178 e. The highest BCUT2D eigenvalue weighted by Gasteiger charge is 2.14. The molecule has 0 fully saturated rings. The van der Waals surface area contributed by atoms with Crippen LogP contribution in [-0.4, -0.2) is 21.8 Å². The molecule has 0 unspecified atom stereocenters. The van der Waals surface area contributed by atoms with Crippen LogP contribution in [0.5, 0.6) is 5.75 Å². The second kappa shape index (κ2) is 5.00. The molecule has 2 aromatic heterocycles. The summed E-state index contributed by atoms with van der Waals surface area (Å²) in [5, 5.41) is 3.94. The van der Waals surface area contributed by atoms with E-state index < -0.39 is 5.82 Å². The standard InChI is InChI=1S/C14H14FN3O2S/c1-7-9(8(2)20-17-7)6-18-12-5-13(19-3)10(15)4-11(12)16-14(18)21/h4-5H,6H2,1-3H3,(H,16,21). The van der Waals surface area contributed by atoms with Crippen molar-refractivity contribution in [2.75, 3.05) is 7.11 Å². The zero-order chi connectivity index (χ0) is 15.1. The predicted octanol–water partition coefficient (Wildman–Crippen LogP) is 3.50. The number of methoxy groups -OCH3 is 1. The highest BCUT2D eigenvalue weighted by molar-refractivity contribution is 7.71. The van der Waals surface area contributed by atoms with Crippen LogP contribution in [0, 0.1) is 24.4 Å². The molecule has 0 aliphatic heterocycles. The lowest BCUT2D eigenvalue weighted by Crippen LogP contribution is -2.02. The number of aryl methyl sites for hydroxylation is 2. The molecule has 1 N–H and O–H groups in total. The summed E-state index contributed by atoms with van der Waals surface area (Å²) in [7, 11) is 1.43. The Morgan fingerprint density at radius 1 is 1.43 bits per heavy atom. The summed E-state index contributed by atoms with van der Waals surface area (Å²) >= 11 is 5.33. The number of hydrogen-bond donors (Lipinski definition) is 1. The van der Waals surface area contributed by atoms with Gasteiger partial charge in [-0.3, -0.25) is 0 Å². The number of nitrogens with zero attached hydrogens (tertiary/aromatic N) is 2. The van der Waals surface area contributed by atoms with Gasteiger partial charge in [0.15, 0.2) is 16.3 Å². The number of fused-ring (bicyclic) bond motifs is 1. The van der Waals surface area contributed by atoms with Crippen LogP contribution in [0.4, 0.5) is 4.39 Å². The molecule has 0 radical (unpaired) electrons. The lowest BCUT2D eigenvalue weighted by Gasteiger charge is -2.06. The van der Waals surface area contributed by atoms with Gasteiger partial charge in [-0.1, -0.05) is 5.16 Å². The first-order valence-corrected chi connectivity index (χ1v) is 6.80. The van der Waals surface area contributed by atoms with Crippen molar-refractivity contribution in [2.24, 2.45) is 0 Å². The number of nitrogens with one attached hydrogen (secondary N) is 1. The van der Waals surface area contributed by atoms with Crippen molar-refractivity contribution in [2.45, 2.75) is 20.4 Å². The van der Waals surface area contributed by atoms with Crippen molar-refractivity contribution < 1.29 is 13.7 Å². The average molecular weight is 307 g/mol. The molecule has 0 amide bonds. The highest BCUT2D eigenvalue weighted by atomic mass is 32.1. The second-order valence-corrected chi connectivity index (χ2v) is 5.21. The van der Waals surface area contributed by atoms with Gasteiger partial charge < -0.3 is 18.8 Å². The summed E-state index contributed by atoms with van der Waals surface area (Å²) in [5.74, 6) is 0.507. The van der Waals surface area contributed by atoms with Gasteiger partial charge in [-0.25, -0.2) is 4.39 Å². The molecule has 3 rings (SSSR count). The predicted molar refractivity (Wildman–Crippen MR) is 78.7 cm³/mol. The first-order valence-electron chi connectivity index (χ1n) is 6.39. The van der Waals surface area contributed by atoms with Crippen molar-refractivity contribution >= 4 is 23.3 Å². The average Bonchev–Trinajstić information content (AvgIpc) is 2.92. The van der Waals surface area contributed by atoms with Crippen molar-refractivity contribution in [3.8, 4) is 5.75 Å². The molecule has 0 saturated carbocycles. The van der Waals surface area contributed by atoms with E-state index >= 15 is 0 Å². The molecule has 3 aromatic rings. The van der Waals surface area contributed by atoms with Crippen LogP contribution in [0.1, 0.15) is 17.0 Å². The second-order valence-electron chi connectivity index (χ2n) is 4.82. The minimum absolute atomic E-state index is 0.184. The van der Waals surface area contributed by atoms with Gasteiger partial charge in [-0.2, -0.15) is 0 Å². The van der Waals surface area contributed by atoms with Crippen molar-refractivity contribution in [3.63, 3.8) is 0 Å². The Labute approximate surface area is 125 Å². The number of aromatic nitrogens is 3. The highest BCUT2D eigenvalue weighted by Crippen LogP contribution is 2.26. The van der Waals surface area contributed by atoms with Crippen LogP contribution >= 0.6 is 12.2 Å². The van der Waals surface area contributed by atoms with E-state index in [4.69, 9.17) is 21.5 Å². The van der Waals surface area contributed by atoms with Crippen molar-refractivity contribution in [1.82, 2.24) is 14.7 Å². The minimum Gasteiger partial charge on any atom is -0.494 e. The monoisotopic (exact) mass is 307 g/mol. The van der Waals surface area contributed by atoms with Gasteiger partial charge in [-0.15, -0.1) is 0 Å². The quantitative estimate of drug-likeness (QED) is 0.752. The van der Waals surface area contributed by atoms with Crippen LogP contribution in [0.2, 0.25) is 0 Å². The summed E-state index contributed by atoms with van der Waals surface area (Å²) in [6, 6.07) is 3.02. The summed E-state index contributed by atoms with van der Waals surface area (Å²) in [6.45, 7) is 4.24. The third kappa shape index (κ3) is 2.23. The Morgan fingerprint density at radius 2 is 2.19 bits per heavy atom. The molecular weight excluding hydrogens is 293 g/mol. The Kier molecular flexibility index (Phi) is 3.29. The van der Waals surface area contributed by atoms with Gasteiger partial charge in [0.05, 0.1) is 30.4 Å². The molecule has 0 bridgehead atoms. The number of aromatic amines is 1. The fourth-order valence-electron chi connectivity index (χ4n) is 2.36. The SMILES string of the molecule is COc1cc2c(cc1F)[nH]c(=S)n2Cc1c(C)noc1C. The number of rotatable bonds is 3. The third-order valence-electron chi connectivity index (χ3n) is 3.55. The summed E-state index contributed by atoms with van der Waals surface area (Å²) in [6.07, 6.45) is 0. The number of imidazole rings is 1. The Bertz CT molecular complexity index is 859. The number of halogens is 1. The Morgan fingerprint density at radius 3 is 2.81 bits per heavy atom. The van der Waals surface area contributed by atoms with E-state index in [2.05, 4.69) is 10.1 Å². The van der Waals surface area contributed by atoms with E-state index in [1.165, 1.54) is 13.2 Å². The lowest BCUT2D eigenvalue weighted by molar-refractivity contribution is 0.387. The number of benzene rings is 1. The number of ether oxygens (including phenoxy) is 1. The minimum atomic E-state index is -0.425. The topological polar surface area (TPSA) is 56.0 Å². The number of H-pyrrole nitrogens is 1. The van der Waals surface area contributed by atoms with Crippen LogP contribution < -0.4 is 4.74 Å². The molecule has 2 heterocycles. The van der Waals surface area contributed by atoms with Gasteiger partial charge in [0.25, 0.3) is 0 Å². The molecule has 1 aromatic carbocycles. The fourth-order valence-corrected chi connectivity index (χ4v) is 2.63. The normalized spacial score (nSPS) is 11.2.